The lowest BCUT2D eigenvalue weighted by molar-refractivity contribution is -0.117. The predicted octanol–water partition coefficient (Wildman–Crippen LogP) is 4.09. The van der Waals surface area contributed by atoms with E-state index in [2.05, 4.69) is 10.0 Å². The fraction of sp³-hybridized carbons (Fsp3) is 0.133. The van der Waals surface area contributed by atoms with Crippen LogP contribution in [0.15, 0.2) is 41.3 Å². The first kappa shape index (κ1) is 19.9. The van der Waals surface area contributed by atoms with E-state index < -0.39 is 27.8 Å². The first-order chi connectivity index (χ1) is 11.6. The molecule has 0 aromatic heterocycles. The van der Waals surface area contributed by atoms with Crippen LogP contribution in [0.25, 0.3) is 0 Å². The second-order valence-corrected chi connectivity index (χ2v) is 7.97. The van der Waals surface area contributed by atoms with Crippen molar-refractivity contribution in [3.63, 3.8) is 0 Å². The maximum Gasteiger partial charge on any atom is 0.242 e. The third kappa shape index (κ3) is 5.05. The number of benzene rings is 2. The molecule has 2 rings (SSSR count). The molecule has 25 heavy (non-hydrogen) atoms. The molecule has 2 aromatic rings. The number of nitrogens with one attached hydrogen (secondary N) is 2. The van der Waals surface area contributed by atoms with Gasteiger partial charge in [0.05, 0.1) is 31.7 Å². The molecular weight excluding hydrogens is 414 g/mol. The Morgan fingerprint density at radius 1 is 1.04 bits per heavy atom. The van der Waals surface area contributed by atoms with Gasteiger partial charge in [-0.15, -0.1) is 0 Å². The van der Waals surface area contributed by atoms with Crippen molar-refractivity contribution in [2.75, 3.05) is 5.32 Å². The summed E-state index contributed by atoms with van der Waals surface area (Å²) in [6, 6.07) is 5.79. The van der Waals surface area contributed by atoms with Crippen LogP contribution in [0.3, 0.4) is 0 Å². The summed E-state index contributed by atoms with van der Waals surface area (Å²) in [6.45, 7) is 1.35. The van der Waals surface area contributed by atoms with Crippen LogP contribution in [-0.4, -0.2) is 20.4 Å². The Morgan fingerprint density at radius 3 is 2.20 bits per heavy atom. The Bertz CT molecular complexity index is 905. The molecule has 0 bridgehead atoms. The number of carbonyl (C=O) groups is 1. The summed E-state index contributed by atoms with van der Waals surface area (Å²) >= 11 is 17.6. The molecule has 134 valence electrons. The van der Waals surface area contributed by atoms with Gasteiger partial charge in [-0.3, -0.25) is 4.79 Å². The van der Waals surface area contributed by atoms with Crippen LogP contribution < -0.4 is 10.0 Å². The Morgan fingerprint density at radius 2 is 1.60 bits per heavy atom. The highest BCUT2D eigenvalue weighted by atomic mass is 35.5. The second kappa shape index (κ2) is 7.88. The zero-order chi connectivity index (χ0) is 18.8. The number of carbonyl (C=O) groups excluding carboxylic acids is 1. The van der Waals surface area contributed by atoms with Crippen molar-refractivity contribution in [2.45, 2.75) is 17.9 Å². The molecule has 2 aromatic carbocycles. The van der Waals surface area contributed by atoms with E-state index in [1.165, 1.54) is 19.1 Å². The highest BCUT2D eigenvalue weighted by Crippen LogP contribution is 2.32. The van der Waals surface area contributed by atoms with Gasteiger partial charge in [-0.25, -0.2) is 12.8 Å². The zero-order valence-corrected chi connectivity index (χ0v) is 15.8. The zero-order valence-electron chi connectivity index (χ0n) is 12.7. The molecule has 0 saturated carbocycles. The van der Waals surface area contributed by atoms with E-state index in [-0.39, 0.29) is 25.7 Å². The summed E-state index contributed by atoms with van der Waals surface area (Å²) in [7, 11) is -4.00. The van der Waals surface area contributed by atoms with Crippen LogP contribution in [0.5, 0.6) is 0 Å². The number of amides is 1. The molecule has 0 aliphatic rings. The summed E-state index contributed by atoms with van der Waals surface area (Å²) in [6.07, 6.45) is 0. The molecule has 1 unspecified atom stereocenters. The summed E-state index contributed by atoms with van der Waals surface area (Å²) in [5.74, 6) is -1.23. The molecule has 0 aliphatic carbocycles. The Balaban J connectivity index is 2.12. The molecule has 1 atom stereocenters. The van der Waals surface area contributed by atoms with Crippen molar-refractivity contribution in [1.29, 1.82) is 0 Å². The predicted molar refractivity (Wildman–Crippen MR) is 96.3 cm³/mol. The molecule has 0 fully saturated rings. The van der Waals surface area contributed by atoms with E-state index in [0.717, 1.165) is 24.3 Å². The first-order valence-electron chi connectivity index (χ1n) is 6.83. The number of sulfonamides is 1. The molecular formula is C15H12Cl3FN2O3S. The monoisotopic (exact) mass is 424 g/mol. The lowest BCUT2D eigenvalue weighted by Gasteiger charge is -2.15. The van der Waals surface area contributed by atoms with Gasteiger partial charge in [0.2, 0.25) is 15.9 Å². The highest BCUT2D eigenvalue weighted by molar-refractivity contribution is 7.89. The van der Waals surface area contributed by atoms with E-state index in [9.17, 15) is 17.6 Å². The third-order valence-electron chi connectivity index (χ3n) is 3.12. The minimum Gasteiger partial charge on any atom is -0.323 e. The number of hydrogen-bond donors (Lipinski definition) is 2. The summed E-state index contributed by atoms with van der Waals surface area (Å²) in [4.78, 5) is 12.0. The minimum atomic E-state index is -4.00. The van der Waals surface area contributed by atoms with E-state index in [1.807, 2.05) is 0 Å². The maximum atomic E-state index is 12.9. The van der Waals surface area contributed by atoms with E-state index in [1.54, 1.807) is 0 Å². The van der Waals surface area contributed by atoms with Crippen molar-refractivity contribution >= 4 is 56.4 Å². The van der Waals surface area contributed by atoms with Gasteiger partial charge in [-0.2, -0.15) is 4.72 Å². The van der Waals surface area contributed by atoms with E-state index in [0.29, 0.717) is 0 Å². The second-order valence-electron chi connectivity index (χ2n) is 5.03. The molecule has 5 nitrogen and oxygen atoms in total. The fourth-order valence-corrected chi connectivity index (χ4v) is 3.62. The van der Waals surface area contributed by atoms with Gasteiger partial charge < -0.3 is 5.32 Å². The van der Waals surface area contributed by atoms with E-state index >= 15 is 0 Å². The Hall–Kier alpha value is -1.38. The molecule has 0 aliphatic heterocycles. The average Bonchev–Trinajstić information content (AvgIpc) is 2.52. The fourth-order valence-electron chi connectivity index (χ4n) is 1.83. The van der Waals surface area contributed by atoms with Gasteiger partial charge in [0.25, 0.3) is 0 Å². The number of rotatable bonds is 5. The standard InChI is InChI=1S/C15H12Cl3FN2O3S/c1-8(21-25(23,24)10-4-2-9(19)3-5-10)15(22)20-14-7-12(17)11(16)6-13(14)18/h2-8,21H,1H3,(H,20,22). The smallest absolute Gasteiger partial charge is 0.242 e. The largest absolute Gasteiger partial charge is 0.323 e. The van der Waals surface area contributed by atoms with Crippen LogP contribution >= 0.6 is 34.8 Å². The van der Waals surface area contributed by atoms with Crippen molar-refractivity contribution in [2.24, 2.45) is 0 Å². The summed E-state index contributed by atoms with van der Waals surface area (Å²) in [5, 5.41) is 3.01. The maximum absolute atomic E-state index is 12.9. The average molecular weight is 426 g/mol. The summed E-state index contributed by atoms with van der Waals surface area (Å²) in [5.41, 5.74) is 0.189. The van der Waals surface area contributed by atoms with Crippen molar-refractivity contribution in [3.8, 4) is 0 Å². The van der Waals surface area contributed by atoms with Crippen LogP contribution in [0, 0.1) is 5.82 Å². The molecule has 0 spiro atoms. The molecule has 0 saturated heterocycles. The van der Waals surface area contributed by atoms with Gasteiger partial charge in [-0.1, -0.05) is 34.8 Å². The lowest BCUT2D eigenvalue weighted by atomic mass is 10.3. The van der Waals surface area contributed by atoms with Crippen LogP contribution in [0.2, 0.25) is 15.1 Å². The van der Waals surface area contributed by atoms with Gasteiger partial charge >= 0.3 is 0 Å². The lowest BCUT2D eigenvalue weighted by Crippen LogP contribution is -2.41. The molecule has 2 N–H and O–H groups in total. The molecule has 0 heterocycles. The SMILES string of the molecule is CC(NS(=O)(=O)c1ccc(F)cc1)C(=O)Nc1cc(Cl)c(Cl)cc1Cl. The van der Waals surface area contributed by atoms with Crippen LogP contribution in [0.4, 0.5) is 10.1 Å². The van der Waals surface area contributed by atoms with Crippen LogP contribution in [0.1, 0.15) is 6.92 Å². The van der Waals surface area contributed by atoms with Gasteiger partial charge in [0, 0.05) is 0 Å². The number of hydrogen-bond acceptors (Lipinski definition) is 3. The third-order valence-corrected chi connectivity index (χ3v) is 5.71. The topological polar surface area (TPSA) is 75.3 Å². The van der Waals surface area contributed by atoms with Gasteiger partial charge in [0.1, 0.15) is 5.82 Å². The van der Waals surface area contributed by atoms with E-state index in [4.69, 9.17) is 34.8 Å². The van der Waals surface area contributed by atoms with Crippen molar-refractivity contribution < 1.29 is 17.6 Å². The highest BCUT2D eigenvalue weighted by Gasteiger charge is 2.23. The normalized spacial score (nSPS) is 12.7. The van der Waals surface area contributed by atoms with Crippen LogP contribution in [-0.2, 0) is 14.8 Å². The summed E-state index contributed by atoms with van der Waals surface area (Å²) < 4.78 is 39.5. The van der Waals surface area contributed by atoms with Gasteiger partial charge in [0.15, 0.2) is 0 Å². The number of halogens is 4. The van der Waals surface area contributed by atoms with Gasteiger partial charge in [-0.05, 0) is 43.3 Å². The quantitative estimate of drug-likeness (QED) is 0.709. The first-order valence-corrected chi connectivity index (χ1v) is 9.45. The number of anilines is 1. The Kier molecular flexibility index (Phi) is 6.29. The van der Waals surface area contributed by atoms with Crippen molar-refractivity contribution in [3.05, 3.63) is 57.3 Å². The molecule has 1 amide bonds. The Labute approximate surface area is 159 Å². The minimum absolute atomic E-state index is 0.149. The molecule has 0 radical (unpaired) electrons. The van der Waals surface area contributed by atoms with Crippen molar-refractivity contribution in [1.82, 2.24) is 4.72 Å². The molecule has 10 heteroatoms.